The topological polar surface area (TPSA) is 35.5 Å². The number of aliphatic hydroxyl groups is 1. The molecule has 3 atom stereocenters. The molecule has 1 aliphatic heterocycles. The Bertz CT molecular complexity index is 222. The van der Waals surface area contributed by atoms with Gasteiger partial charge in [0.2, 0.25) is 0 Å². The van der Waals surface area contributed by atoms with E-state index in [1.54, 1.807) is 0 Å². The van der Waals surface area contributed by atoms with E-state index in [0.717, 1.165) is 18.4 Å². The Morgan fingerprint density at radius 2 is 1.94 bits per heavy atom. The highest BCUT2D eigenvalue weighted by Gasteiger charge is 2.26. The lowest BCUT2D eigenvalue weighted by atomic mass is 9.95. The Kier molecular flexibility index (Phi) is 5.26. The summed E-state index contributed by atoms with van der Waals surface area (Å²) in [6, 6.07) is 0. The second-order valence-corrected chi connectivity index (χ2v) is 6.06. The van der Waals surface area contributed by atoms with Crippen molar-refractivity contribution in [3.8, 4) is 0 Å². The SMILES string of the molecule is CN1CCCC(CNCC2CCCC2CO)C1. The second kappa shape index (κ2) is 6.72. The van der Waals surface area contributed by atoms with Crippen molar-refractivity contribution in [2.75, 3.05) is 39.8 Å². The molecule has 0 aromatic carbocycles. The first-order valence-corrected chi connectivity index (χ1v) is 7.29. The molecule has 2 rings (SSSR count). The number of piperidine rings is 1. The third kappa shape index (κ3) is 3.94. The van der Waals surface area contributed by atoms with Gasteiger partial charge in [-0.25, -0.2) is 0 Å². The summed E-state index contributed by atoms with van der Waals surface area (Å²) in [6.07, 6.45) is 6.58. The minimum absolute atomic E-state index is 0.387. The summed E-state index contributed by atoms with van der Waals surface area (Å²) in [5.41, 5.74) is 0. The van der Waals surface area contributed by atoms with Gasteiger partial charge in [-0.1, -0.05) is 6.42 Å². The van der Waals surface area contributed by atoms with E-state index in [0.29, 0.717) is 12.5 Å². The van der Waals surface area contributed by atoms with Gasteiger partial charge in [-0.15, -0.1) is 0 Å². The van der Waals surface area contributed by atoms with E-state index in [9.17, 15) is 5.11 Å². The Labute approximate surface area is 106 Å². The Balaban J connectivity index is 1.62. The predicted molar refractivity (Wildman–Crippen MR) is 71.0 cm³/mol. The summed E-state index contributed by atoms with van der Waals surface area (Å²) < 4.78 is 0. The number of aliphatic hydroxyl groups excluding tert-OH is 1. The van der Waals surface area contributed by atoms with Crippen molar-refractivity contribution in [1.82, 2.24) is 10.2 Å². The fourth-order valence-electron chi connectivity index (χ4n) is 3.54. The van der Waals surface area contributed by atoms with Crippen LogP contribution in [-0.2, 0) is 0 Å². The molecule has 3 heteroatoms. The fraction of sp³-hybridized carbons (Fsp3) is 1.00. The number of likely N-dealkylation sites (tertiary alicyclic amines) is 1. The summed E-state index contributed by atoms with van der Waals surface area (Å²) in [5.74, 6) is 2.13. The first-order chi connectivity index (χ1) is 8.29. The van der Waals surface area contributed by atoms with Gasteiger partial charge in [-0.3, -0.25) is 0 Å². The lowest BCUT2D eigenvalue weighted by Crippen LogP contribution is -2.39. The molecule has 2 aliphatic rings. The fourth-order valence-corrected chi connectivity index (χ4v) is 3.54. The molecule has 1 aliphatic carbocycles. The van der Waals surface area contributed by atoms with E-state index < -0.39 is 0 Å². The van der Waals surface area contributed by atoms with Crippen LogP contribution in [0.5, 0.6) is 0 Å². The minimum Gasteiger partial charge on any atom is -0.396 e. The quantitative estimate of drug-likeness (QED) is 0.761. The minimum atomic E-state index is 0.387. The van der Waals surface area contributed by atoms with Gasteiger partial charge in [0.25, 0.3) is 0 Å². The van der Waals surface area contributed by atoms with Crippen LogP contribution in [-0.4, -0.2) is 49.8 Å². The summed E-state index contributed by atoms with van der Waals surface area (Å²) in [6.45, 7) is 5.19. The highest BCUT2D eigenvalue weighted by Crippen LogP contribution is 2.30. The summed E-state index contributed by atoms with van der Waals surface area (Å²) in [7, 11) is 2.23. The van der Waals surface area contributed by atoms with E-state index in [1.165, 1.54) is 51.7 Å². The van der Waals surface area contributed by atoms with Crippen molar-refractivity contribution in [2.45, 2.75) is 32.1 Å². The highest BCUT2D eigenvalue weighted by molar-refractivity contribution is 4.79. The van der Waals surface area contributed by atoms with Gasteiger partial charge in [0, 0.05) is 13.2 Å². The van der Waals surface area contributed by atoms with Gasteiger partial charge in [-0.2, -0.15) is 0 Å². The molecule has 0 aromatic rings. The van der Waals surface area contributed by atoms with Crippen LogP contribution in [0.3, 0.4) is 0 Å². The van der Waals surface area contributed by atoms with Gasteiger partial charge in [0.1, 0.15) is 0 Å². The van der Waals surface area contributed by atoms with E-state index >= 15 is 0 Å². The van der Waals surface area contributed by atoms with Gasteiger partial charge in [0.15, 0.2) is 0 Å². The largest absolute Gasteiger partial charge is 0.396 e. The molecule has 0 amide bonds. The van der Waals surface area contributed by atoms with Crippen molar-refractivity contribution in [1.29, 1.82) is 0 Å². The van der Waals surface area contributed by atoms with Crippen LogP contribution in [0.1, 0.15) is 32.1 Å². The van der Waals surface area contributed by atoms with Crippen LogP contribution in [0.4, 0.5) is 0 Å². The smallest absolute Gasteiger partial charge is 0.0462 e. The molecule has 2 N–H and O–H groups in total. The Hall–Kier alpha value is -0.120. The zero-order valence-corrected chi connectivity index (χ0v) is 11.2. The third-order valence-corrected chi connectivity index (χ3v) is 4.61. The molecule has 2 fully saturated rings. The average Bonchev–Trinajstić information content (AvgIpc) is 2.77. The monoisotopic (exact) mass is 240 g/mol. The normalized spacial score (nSPS) is 35.3. The molecule has 1 saturated carbocycles. The number of nitrogens with one attached hydrogen (secondary N) is 1. The molecule has 17 heavy (non-hydrogen) atoms. The zero-order chi connectivity index (χ0) is 12.1. The zero-order valence-electron chi connectivity index (χ0n) is 11.2. The number of hydrogen-bond acceptors (Lipinski definition) is 3. The maximum absolute atomic E-state index is 9.28. The van der Waals surface area contributed by atoms with E-state index in [4.69, 9.17) is 0 Å². The molecule has 3 unspecified atom stereocenters. The van der Waals surface area contributed by atoms with E-state index in [1.807, 2.05) is 0 Å². The molecule has 100 valence electrons. The number of hydrogen-bond donors (Lipinski definition) is 2. The molecule has 0 radical (unpaired) electrons. The van der Waals surface area contributed by atoms with Crippen molar-refractivity contribution in [3.63, 3.8) is 0 Å². The molecule has 1 heterocycles. The Morgan fingerprint density at radius 3 is 2.71 bits per heavy atom. The van der Waals surface area contributed by atoms with Gasteiger partial charge >= 0.3 is 0 Å². The van der Waals surface area contributed by atoms with Gasteiger partial charge in [0.05, 0.1) is 0 Å². The lowest BCUT2D eigenvalue weighted by Gasteiger charge is -2.30. The van der Waals surface area contributed by atoms with E-state index in [2.05, 4.69) is 17.3 Å². The number of nitrogens with zero attached hydrogens (tertiary/aromatic N) is 1. The second-order valence-electron chi connectivity index (χ2n) is 6.06. The van der Waals surface area contributed by atoms with Crippen molar-refractivity contribution >= 4 is 0 Å². The molecular weight excluding hydrogens is 212 g/mol. The first kappa shape index (κ1) is 13.3. The molecule has 0 aromatic heterocycles. The predicted octanol–water partition coefficient (Wildman–Crippen LogP) is 1.33. The maximum atomic E-state index is 9.28. The van der Waals surface area contributed by atoms with Crippen molar-refractivity contribution < 1.29 is 5.11 Å². The third-order valence-electron chi connectivity index (χ3n) is 4.61. The van der Waals surface area contributed by atoms with Crippen LogP contribution in [0, 0.1) is 17.8 Å². The number of rotatable bonds is 5. The van der Waals surface area contributed by atoms with Crippen LogP contribution in [0.15, 0.2) is 0 Å². The maximum Gasteiger partial charge on any atom is 0.0462 e. The lowest BCUT2D eigenvalue weighted by molar-refractivity contribution is 0.183. The molecule has 1 saturated heterocycles. The Morgan fingerprint density at radius 1 is 1.12 bits per heavy atom. The van der Waals surface area contributed by atoms with Crippen LogP contribution in [0.25, 0.3) is 0 Å². The van der Waals surface area contributed by atoms with Gasteiger partial charge in [-0.05, 0) is 70.1 Å². The van der Waals surface area contributed by atoms with Gasteiger partial charge < -0.3 is 15.3 Å². The summed E-state index contributed by atoms with van der Waals surface area (Å²) in [4.78, 5) is 2.45. The average molecular weight is 240 g/mol. The van der Waals surface area contributed by atoms with E-state index in [-0.39, 0.29) is 0 Å². The van der Waals surface area contributed by atoms with Crippen LogP contribution in [0.2, 0.25) is 0 Å². The van der Waals surface area contributed by atoms with Crippen molar-refractivity contribution in [3.05, 3.63) is 0 Å². The summed E-state index contributed by atoms with van der Waals surface area (Å²) in [5, 5.41) is 12.9. The summed E-state index contributed by atoms with van der Waals surface area (Å²) >= 11 is 0. The first-order valence-electron chi connectivity index (χ1n) is 7.29. The van der Waals surface area contributed by atoms with Crippen LogP contribution < -0.4 is 5.32 Å². The van der Waals surface area contributed by atoms with Crippen LogP contribution >= 0.6 is 0 Å². The standard InChI is InChI=1S/C14H28N2O/c1-16-7-3-4-12(10-16)8-15-9-13-5-2-6-14(13)11-17/h12-15,17H,2-11H2,1H3. The van der Waals surface area contributed by atoms with Crippen molar-refractivity contribution in [2.24, 2.45) is 17.8 Å². The molecule has 0 spiro atoms. The highest BCUT2D eigenvalue weighted by atomic mass is 16.3. The molecular formula is C14H28N2O. The molecule has 3 nitrogen and oxygen atoms in total. The molecule has 0 bridgehead atoms.